The summed E-state index contributed by atoms with van der Waals surface area (Å²) in [5.41, 5.74) is 2.52. The van der Waals surface area contributed by atoms with Crippen molar-refractivity contribution in [2.75, 3.05) is 6.54 Å². The van der Waals surface area contributed by atoms with Crippen LogP contribution in [0.2, 0.25) is 5.02 Å². The standard InChI is InChI=1S/C20H23ClN4O/c1-14-10-18(25-24-14)15-6-7-17(21)16(11-15)19(26)23-13-20(12-22)8-4-2-3-5-9-20/h6-7,10-11H,2-5,8-9,13H2,1H3,(H,23,26)(H,24,25). The molecule has 0 unspecified atom stereocenters. The zero-order valence-electron chi connectivity index (χ0n) is 14.9. The monoisotopic (exact) mass is 370 g/mol. The van der Waals surface area contributed by atoms with Gasteiger partial charge in [0.1, 0.15) is 0 Å². The maximum Gasteiger partial charge on any atom is 0.252 e. The van der Waals surface area contributed by atoms with E-state index in [1.165, 1.54) is 0 Å². The Bertz CT molecular complexity index is 829. The summed E-state index contributed by atoms with van der Waals surface area (Å²) in [6, 6.07) is 9.71. The van der Waals surface area contributed by atoms with Gasteiger partial charge in [0.25, 0.3) is 5.91 Å². The van der Waals surface area contributed by atoms with Gasteiger partial charge < -0.3 is 5.32 Å². The first-order valence-electron chi connectivity index (χ1n) is 9.04. The number of nitrogens with zero attached hydrogens (tertiary/aromatic N) is 2. The molecule has 0 bridgehead atoms. The molecular formula is C20H23ClN4O. The molecule has 0 atom stereocenters. The van der Waals surface area contributed by atoms with Gasteiger partial charge in [-0.2, -0.15) is 10.4 Å². The van der Waals surface area contributed by atoms with Crippen LogP contribution in [0.1, 0.15) is 54.6 Å². The van der Waals surface area contributed by atoms with Crippen LogP contribution in [-0.2, 0) is 0 Å². The molecule has 1 fully saturated rings. The normalized spacial score (nSPS) is 16.5. The van der Waals surface area contributed by atoms with Crippen molar-refractivity contribution in [3.05, 3.63) is 40.5 Å². The van der Waals surface area contributed by atoms with Crippen LogP contribution in [0.25, 0.3) is 11.3 Å². The third kappa shape index (κ3) is 4.08. The van der Waals surface area contributed by atoms with Gasteiger partial charge in [0.05, 0.1) is 33.5 Å². The fraction of sp³-hybridized carbons (Fsp3) is 0.450. The van der Waals surface area contributed by atoms with Crippen LogP contribution in [0.15, 0.2) is 24.3 Å². The Morgan fingerprint density at radius 1 is 1.31 bits per heavy atom. The van der Waals surface area contributed by atoms with Gasteiger partial charge in [-0.05, 0) is 38.0 Å². The molecule has 26 heavy (non-hydrogen) atoms. The maximum absolute atomic E-state index is 12.7. The molecule has 5 nitrogen and oxygen atoms in total. The van der Waals surface area contributed by atoms with E-state index in [1.807, 2.05) is 19.1 Å². The SMILES string of the molecule is Cc1cc(-c2ccc(Cl)c(C(=O)NCC3(C#N)CCCCCC3)c2)[nH]n1. The van der Waals surface area contributed by atoms with Gasteiger partial charge in [-0.15, -0.1) is 0 Å². The van der Waals surface area contributed by atoms with Gasteiger partial charge in [0.15, 0.2) is 0 Å². The van der Waals surface area contributed by atoms with Crippen molar-refractivity contribution in [3.8, 4) is 17.3 Å². The number of hydrogen-bond donors (Lipinski definition) is 2. The first kappa shape index (κ1) is 18.5. The third-order valence-electron chi connectivity index (χ3n) is 5.11. The van der Waals surface area contributed by atoms with E-state index >= 15 is 0 Å². The van der Waals surface area contributed by atoms with E-state index in [1.54, 1.807) is 12.1 Å². The Morgan fingerprint density at radius 2 is 2.04 bits per heavy atom. The van der Waals surface area contributed by atoms with Crippen LogP contribution >= 0.6 is 11.6 Å². The summed E-state index contributed by atoms with van der Waals surface area (Å²) in [5.74, 6) is -0.244. The minimum absolute atomic E-state index is 0.244. The fourth-order valence-corrected chi connectivity index (χ4v) is 3.72. The molecular weight excluding hydrogens is 348 g/mol. The number of aromatic nitrogens is 2. The summed E-state index contributed by atoms with van der Waals surface area (Å²) >= 11 is 6.25. The van der Waals surface area contributed by atoms with E-state index in [-0.39, 0.29) is 5.91 Å². The van der Waals surface area contributed by atoms with E-state index in [2.05, 4.69) is 21.6 Å². The van der Waals surface area contributed by atoms with Gasteiger partial charge in [0.2, 0.25) is 0 Å². The molecule has 1 aromatic carbocycles. The maximum atomic E-state index is 12.7. The van der Waals surface area contributed by atoms with Crippen molar-refractivity contribution in [1.82, 2.24) is 15.5 Å². The molecule has 1 aliphatic rings. The molecule has 3 rings (SSSR count). The van der Waals surface area contributed by atoms with Crippen molar-refractivity contribution >= 4 is 17.5 Å². The largest absolute Gasteiger partial charge is 0.350 e. The quantitative estimate of drug-likeness (QED) is 0.769. The average molecular weight is 371 g/mol. The number of amides is 1. The van der Waals surface area contributed by atoms with E-state index in [9.17, 15) is 10.1 Å². The smallest absolute Gasteiger partial charge is 0.252 e. The number of H-pyrrole nitrogens is 1. The molecule has 2 aromatic rings. The molecule has 0 spiro atoms. The van der Waals surface area contributed by atoms with Crippen LogP contribution < -0.4 is 5.32 Å². The van der Waals surface area contributed by atoms with E-state index in [4.69, 9.17) is 11.6 Å². The Hall–Kier alpha value is -2.32. The summed E-state index contributed by atoms with van der Waals surface area (Å²) in [5, 5.41) is 20.1. The highest BCUT2D eigenvalue weighted by molar-refractivity contribution is 6.34. The highest BCUT2D eigenvalue weighted by Gasteiger charge is 2.31. The molecule has 2 N–H and O–H groups in total. The molecule has 0 aliphatic heterocycles. The molecule has 136 valence electrons. The number of aryl methyl sites for hydroxylation is 1. The van der Waals surface area contributed by atoms with Gasteiger partial charge in [0, 0.05) is 12.1 Å². The minimum Gasteiger partial charge on any atom is -0.350 e. The fourth-order valence-electron chi connectivity index (χ4n) is 3.51. The molecule has 1 amide bonds. The van der Waals surface area contributed by atoms with E-state index < -0.39 is 5.41 Å². The van der Waals surface area contributed by atoms with Gasteiger partial charge in [-0.3, -0.25) is 9.89 Å². The van der Waals surface area contributed by atoms with Crippen molar-refractivity contribution in [3.63, 3.8) is 0 Å². The lowest BCUT2D eigenvalue weighted by atomic mass is 9.82. The second-order valence-corrected chi connectivity index (χ2v) is 7.51. The van der Waals surface area contributed by atoms with Crippen LogP contribution in [0.5, 0.6) is 0 Å². The van der Waals surface area contributed by atoms with Crippen molar-refractivity contribution < 1.29 is 4.79 Å². The van der Waals surface area contributed by atoms with Crippen molar-refractivity contribution in [2.45, 2.75) is 45.4 Å². The van der Waals surface area contributed by atoms with Gasteiger partial charge in [-0.1, -0.05) is 43.4 Å². The Kier molecular flexibility index (Phi) is 5.63. The Morgan fingerprint density at radius 3 is 2.65 bits per heavy atom. The average Bonchev–Trinajstić information content (AvgIpc) is 2.94. The van der Waals surface area contributed by atoms with Gasteiger partial charge >= 0.3 is 0 Å². The number of halogens is 1. The lowest BCUT2D eigenvalue weighted by Crippen LogP contribution is -2.36. The summed E-state index contributed by atoms with van der Waals surface area (Å²) in [6.45, 7) is 2.27. The topological polar surface area (TPSA) is 81.6 Å². The molecule has 6 heteroatoms. The Labute approximate surface area is 158 Å². The van der Waals surface area contributed by atoms with E-state index in [0.717, 1.165) is 55.5 Å². The highest BCUT2D eigenvalue weighted by atomic mass is 35.5. The molecule has 1 aliphatic carbocycles. The molecule has 1 saturated carbocycles. The second kappa shape index (κ2) is 7.92. The summed E-state index contributed by atoms with van der Waals surface area (Å²) in [6.07, 6.45) is 6.08. The summed E-state index contributed by atoms with van der Waals surface area (Å²) in [4.78, 5) is 12.7. The highest BCUT2D eigenvalue weighted by Crippen LogP contribution is 2.34. The lowest BCUT2D eigenvalue weighted by Gasteiger charge is -2.25. The number of benzene rings is 1. The number of nitriles is 1. The lowest BCUT2D eigenvalue weighted by molar-refractivity contribution is 0.0937. The van der Waals surface area contributed by atoms with Crippen molar-refractivity contribution in [2.24, 2.45) is 5.41 Å². The molecule has 1 heterocycles. The predicted molar refractivity (Wildman–Crippen MR) is 102 cm³/mol. The molecule has 0 saturated heterocycles. The van der Waals surface area contributed by atoms with Crippen LogP contribution in [0.3, 0.4) is 0 Å². The number of nitrogens with one attached hydrogen (secondary N) is 2. The summed E-state index contributed by atoms with van der Waals surface area (Å²) < 4.78 is 0. The number of aromatic amines is 1. The third-order valence-corrected chi connectivity index (χ3v) is 5.44. The Balaban J connectivity index is 1.76. The molecule has 1 aromatic heterocycles. The summed E-state index contributed by atoms with van der Waals surface area (Å²) in [7, 11) is 0. The molecule has 0 radical (unpaired) electrons. The van der Waals surface area contributed by atoms with Crippen LogP contribution in [0.4, 0.5) is 0 Å². The zero-order chi connectivity index (χ0) is 18.6. The predicted octanol–water partition coefficient (Wildman–Crippen LogP) is 4.63. The van der Waals surface area contributed by atoms with Crippen LogP contribution in [0, 0.1) is 23.7 Å². The van der Waals surface area contributed by atoms with E-state index in [0.29, 0.717) is 17.1 Å². The zero-order valence-corrected chi connectivity index (χ0v) is 15.7. The first-order valence-corrected chi connectivity index (χ1v) is 9.42. The number of rotatable bonds is 4. The first-order chi connectivity index (χ1) is 12.5. The second-order valence-electron chi connectivity index (χ2n) is 7.11. The van der Waals surface area contributed by atoms with Gasteiger partial charge in [-0.25, -0.2) is 0 Å². The minimum atomic E-state index is -0.462. The van der Waals surface area contributed by atoms with Crippen molar-refractivity contribution in [1.29, 1.82) is 5.26 Å². The number of carbonyl (C=O) groups is 1. The number of carbonyl (C=O) groups excluding carboxylic acids is 1. The number of hydrogen-bond acceptors (Lipinski definition) is 3. The van der Waals surface area contributed by atoms with Crippen LogP contribution in [-0.4, -0.2) is 22.6 Å².